The molecule has 0 bridgehead atoms. The van der Waals surface area contributed by atoms with Gasteiger partial charge in [-0.05, 0) is 42.8 Å². The van der Waals surface area contributed by atoms with Crippen molar-refractivity contribution in [2.75, 3.05) is 0 Å². The third kappa shape index (κ3) is 2.52. The number of rotatable bonds is 2. The SMILES string of the molecule is O=C1CCCC2=C1C(c1ccc([N+](=O)[O-])cc1)NC(=S)N2. The first-order valence-electron chi connectivity index (χ1n) is 6.64. The fourth-order valence-corrected chi connectivity index (χ4v) is 2.98. The normalized spacial score (nSPS) is 21.4. The predicted molar refractivity (Wildman–Crippen MR) is 80.6 cm³/mol. The lowest BCUT2D eigenvalue weighted by Gasteiger charge is -2.33. The number of carbonyl (C=O) groups is 1. The van der Waals surface area contributed by atoms with Crippen LogP contribution in [0.5, 0.6) is 0 Å². The topological polar surface area (TPSA) is 84.3 Å². The lowest BCUT2D eigenvalue weighted by Crippen LogP contribution is -2.46. The van der Waals surface area contributed by atoms with Gasteiger partial charge in [0.15, 0.2) is 10.9 Å². The van der Waals surface area contributed by atoms with E-state index in [4.69, 9.17) is 12.2 Å². The van der Waals surface area contributed by atoms with Gasteiger partial charge in [0.1, 0.15) is 0 Å². The van der Waals surface area contributed by atoms with Gasteiger partial charge in [0.05, 0.1) is 11.0 Å². The Morgan fingerprint density at radius 3 is 2.62 bits per heavy atom. The van der Waals surface area contributed by atoms with Crippen LogP contribution in [0, 0.1) is 10.1 Å². The Kier molecular flexibility index (Phi) is 3.42. The first-order chi connectivity index (χ1) is 10.1. The van der Waals surface area contributed by atoms with Crippen LogP contribution in [0.1, 0.15) is 30.9 Å². The van der Waals surface area contributed by atoms with E-state index in [1.54, 1.807) is 12.1 Å². The molecule has 0 fully saturated rings. The highest BCUT2D eigenvalue weighted by atomic mass is 32.1. The second kappa shape index (κ2) is 5.25. The number of hydrogen-bond acceptors (Lipinski definition) is 4. The van der Waals surface area contributed by atoms with Crippen molar-refractivity contribution < 1.29 is 9.72 Å². The van der Waals surface area contributed by atoms with Crippen LogP contribution in [-0.2, 0) is 4.79 Å². The van der Waals surface area contributed by atoms with E-state index in [1.807, 2.05) is 0 Å². The summed E-state index contributed by atoms with van der Waals surface area (Å²) in [5, 5.41) is 17.3. The largest absolute Gasteiger partial charge is 0.351 e. The Balaban J connectivity index is 2.01. The number of nitro benzene ring substituents is 1. The number of nitrogens with one attached hydrogen (secondary N) is 2. The monoisotopic (exact) mass is 303 g/mol. The van der Waals surface area contributed by atoms with E-state index in [9.17, 15) is 14.9 Å². The van der Waals surface area contributed by atoms with Gasteiger partial charge in [-0.25, -0.2) is 0 Å². The maximum absolute atomic E-state index is 12.2. The Morgan fingerprint density at radius 2 is 1.95 bits per heavy atom. The van der Waals surface area contributed by atoms with Crippen molar-refractivity contribution in [1.29, 1.82) is 0 Å². The molecule has 0 aromatic heterocycles. The molecule has 2 aliphatic rings. The molecule has 1 aromatic carbocycles. The molecule has 2 N–H and O–H groups in total. The molecule has 1 unspecified atom stereocenters. The van der Waals surface area contributed by atoms with Crippen molar-refractivity contribution in [2.24, 2.45) is 0 Å². The standard InChI is InChI=1S/C14H13N3O3S/c18-11-3-1-2-10-12(11)13(16-14(21)15-10)8-4-6-9(7-5-8)17(19)20/h4-7,13H,1-3H2,(H2,15,16,21). The zero-order valence-corrected chi connectivity index (χ0v) is 11.9. The highest BCUT2D eigenvalue weighted by molar-refractivity contribution is 7.80. The summed E-state index contributed by atoms with van der Waals surface area (Å²) in [5.74, 6) is 0.0992. The van der Waals surface area contributed by atoms with Crippen LogP contribution in [0.3, 0.4) is 0 Å². The van der Waals surface area contributed by atoms with Crippen molar-refractivity contribution in [2.45, 2.75) is 25.3 Å². The van der Waals surface area contributed by atoms with Crippen LogP contribution in [0.25, 0.3) is 0 Å². The first kappa shape index (κ1) is 13.7. The molecule has 0 saturated heterocycles. The Labute approximate surface area is 126 Å². The fraction of sp³-hybridized carbons (Fsp3) is 0.286. The molecule has 1 aromatic rings. The van der Waals surface area contributed by atoms with Crippen LogP contribution >= 0.6 is 12.2 Å². The minimum atomic E-state index is -0.444. The van der Waals surface area contributed by atoms with Gasteiger partial charge in [-0.3, -0.25) is 14.9 Å². The summed E-state index contributed by atoms with van der Waals surface area (Å²) in [6, 6.07) is 5.87. The summed E-state index contributed by atoms with van der Waals surface area (Å²) < 4.78 is 0. The molecule has 6 nitrogen and oxygen atoms in total. The number of benzene rings is 1. The van der Waals surface area contributed by atoms with Crippen molar-refractivity contribution >= 4 is 28.8 Å². The van der Waals surface area contributed by atoms with Crippen molar-refractivity contribution in [3.63, 3.8) is 0 Å². The number of hydrogen-bond donors (Lipinski definition) is 2. The van der Waals surface area contributed by atoms with Crippen LogP contribution in [0.4, 0.5) is 5.69 Å². The summed E-state index contributed by atoms with van der Waals surface area (Å²) in [4.78, 5) is 22.5. The molecular formula is C14H13N3O3S. The molecule has 1 heterocycles. The van der Waals surface area contributed by atoms with Crippen molar-refractivity contribution in [3.05, 3.63) is 51.2 Å². The van der Waals surface area contributed by atoms with Gasteiger partial charge in [-0.1, -0.05) is 0 Å². The number of ketones is 1. The molecule has 0 spiro atoms. The summed E-state index contributed by atoms with van der Waals surface area (Å²) >= 11 is 5.18. The first-order valence-corrected chi connectivity index (χ1v) is 7.05. The maximum Gasteiger partial charge on any atom is 0.269 e. The molecule has 1 aliphatic heterocycles. The Morgan fingerprint density at radius 1 is 1.24 bits per heavy atom. The van der Waals surface area contributed by atoms with E-state index >= 15 is 0 Å². The summed E-state index contributed by atoms with van der Waals surface area (Å²) in [6.45, 7) is 0. The lowest BCUT2D eigenvalue weighted by atomic mass is 9.85. The lowest BCUT2D eigenvalue weighted by molar-refractivity contribution is -0.384. The van der Waals surface area contributed by atoms with E-state index in [2.05, 4.69) is 10.6 Å². The fourth-order valence-electron chi connectivity index (χ4n) is 2.74. The highest BCUT2D eigenvalue weighted by Crippen LogP contribution is 2.33. The maximum atomic E-state index is 12.2. The molecule has 3 rings (SSSR count). The average molecular weight is 303 g/mol. The van der Waals surface area contributed by atoms with Gasteiger partial charge >= 0.3 is 0 Å². The molecule has 1 aliphatic carbocycles. The van der Waals surface area contributed by atoms with Gasteiger partial charge in [-0.15, -0.1) is 0 Å². The van der Waals surface area contributed by atoms with Gasteiger partial charge in [0.2, 0.25) is 0 Å². The van der Waals surface area contributed by atoms with E-state index < -0.39 is 4.92 Å². The third-order valence-electron chi connectivity index (χ3n) is 3.72. The predicted octanol–water partition coefficient (Wildman–Crippen LogP) is 2.12. The zero-order valence-electron chi connectivity index (χ0n) is 11.1. The minimum Gasteiger partial charge on any atom is -0.351 e. The number of nitro groups is 1. The minimum absolute atomic E-state index is 0.0273. The number of carbonyl (C=O) groups excluding carboxylic acids is 1. The zero-order chi connectivity index (χ0) is 15.0. The van der Waals surface area contributed by atoms with Crippen LogP contribution in [0.2, 0.25) is 0 Å². The van der Waals surface area contributed by atoms with Gasteiger partial charge in [0, 0.05) is 29.8 Å². The smallest absolute Gasteiger partial charge is 0.269 e. The van der Waals surface area contributed by atoms with E-state index in [0.29, 0.717) is 17.1 Å². The van der Waals surface area contributed by atoms with Gasteiger partial charge in [-0.2, -0.15) is 0 Å². The second-order valence-corrected chi connectivity index (χ2v) is 5.46. The number of nitrogens with zero attached hydrogens (tertiary/aromatic N) is 1. The third-order valence-corrected chi connectivity index (χ3v) is 3.94. The summed E-state index contributed by atoms with van der Waals surface area (Å²) in [7, 11) is 0. The Bertz CT molecular complexity index is 667. The van der Waals surface area contributed by atoms with Gasteiger partial charge in [0.25, 0.3) is 5.69 Å². The molecule has 7 heteroatoms. The summed E-state index contributed by atoms with van der Waals surface area (Å²) in [5.41, 5.74) is 2.40. The molecule has 1 atom stereocenters. The van der Waals surface area contributed by atoms with Crippen molar-refractivity contribution in [1.82, 2.24) is 10.6 Å². The van der Waals surface area contributed by atoms with Gasteiger partial charge < -0.3 is 10.6 Å². The molecule has 0 radical (unpaired) electrons. The molecule has 21 heavy (non-hydrogen) atoms. The number of allylic oxidation sites excluding steroid dienone is 1. The van der Waals surface area contributed by atoms with E-state index in [0.717, 1.165) is 24.1 Å². The van der Waals surface area contributed by atoms with Crippen LogP contribution in [-0.4, -0.2) is 15.8 Å². The number of non-ortho nitro benzene ring substituents is 1. The Hall–Kier alpha value is -2.28. The molecule has 108 valence electrons. The van der Waals surface area contributed by atoms with E-state index in [1.165, 1.54) is 12.1 Å². The van der Waals surface area contributed by atoms with Crippen molar-refractivity contribution in [3.8, 4) is 0 Å². The van der Waals surface area contributed by atoms with Crippen LogP contribution < -0.4 is 10.6 Å². The highest BCUT2D eigenvalue weighted by Gasteiger charge is 2.33. The summed E-state index contributed by atoms with van der Waals surface area (Å²) in [6.07, 6.45) is 2.14. The molecule has 0 saturated carbocycles. The molecule has 0 amide bonds. The molecular weight excluding hydrogens is 290 g/mol. The van der Waals surface area contributed by atoms with E-state index in [-0.39, 0.29) is 17.5 Å². The number of Topliss-reactive ketones (excluding diaryl/α,β-unsaturated/α-hetero) is 1. The quantitative estimate of drug-likeness (QED) is 0.494. The second-order valence-electron chi connectivity index (χ2n) is 5.05. The number of thiocarbonyl (C=S) groups is 1. The average Bonchev–Trinajstić information content (AvgIpc) is 2.46. The van der Waals surface area contributed by atoms with Crippen LogP contribution in [0.15, 0.2) is 35.5 Å².